The lowest BCUT2D eigenvalue weighted by atomic mass is 10.0. The van der Waals surface area contributed by atoms with Gasteiger partial charge < -0.3 is 31.9 Å². The molecule has 10 nitrogen and oxygen atoms in total. The number of hydrogen-bond donors (Lipinski definition) is 6. The molecule has 3 amide bonds. The number of aliphatic hydroxyl groups is 1. The minimum atomic E-state index is -1.32. The molecule has 1 aromatic rings. The van der Waals surface area contributed by atoms with Crippen molar-refractivity contribution in [1.29, 1.82) is 0 Å². The van der Waals surface area contributed by atoms with E-state index < -0.39 is 54.5 Å². The Morgan fingerprint density at radius 3 is 1.85 bits per heavy atom. The number of nitrogens with one attached hydrogen (secondary N) is 3. The topological polar surface area (TPSA) is 171 Å². The molecule has 7 N–H and O–H groups in total. The van der Waals surface area contributed by atoms with Crippen molar-refractivity contribution < 1.29 is 29.4 Å². The van der Waals surface area contributed by atoms with Crippen LogP contribution in [0.1, 0.15) is 39.7 Å². The molecular weight excluding hydrogens is 428 g/mol. The lowest BCUT2D eigenvalue weighted by molar-refractivity contribution is -0.142. The molecule has 184 valence electrons. The third-order valence-electron chi connectivity index (χ3n) is 5.07. The molecule has 0 aliphatic carbocycles. The summed E-state index contributed by atoms with van der Waals surface area (Å²) in [5, 5.41) is 26.5. The van der Waals surface area contributed by atoms with Gasteiger partial charge in [-0.2, -0.15) is 0 Å². The standard InChI is InChI=1S/C23H36N4O6/c1-13(2)10-17(23(32)33)26-20(29)16(11-15-8-6-5-7-9-15)25-21(30)18(12-28)27-22(31)19(24)14(3)4/h5-9,13-14,16-19,28H,10-12,24H2,1-4H3,(H,25,30)(H,26,29)(H,27,31)(H,32,33). The molecular formula is C23H36N4O6. The number of carbonyl (C=O) groups is 4. The van der Waals surface area contributed by atoms with Gasteiger partial charge in [0, 0.05) is 6.42 Å². The highest BCUT2D eigenvalue weighted by molar-refractivity contribution is 5.94. The summed E-state index contributed by atoms with van der Waals surface area (Å²) in [5.41, 5.74) is 6.53. The van der Waals surface area contributed by atoms with Crippen LogP contribution in [-0.2, 0) is 25.6 Å². The van der Waals surface area contributed by atoms with Gasteiger partial charge in [0.05, 0.1) is 12.6 Å². The summed E-state index contributed by atoms with van der Waals surface area (Å²) in [6.45, 7) is 6.46. The number of amides is 3. The van der Waals surface area contributed by atoms with Gasteiger partial charge in [0.1, 0.15) is 18.1 Å². The van der Waals surface area contributed by atoms with E-state index in [-0.39, 0.29) is 24.7 Å². The molecule has 0 saturated carbocycles. The van der Waals surface area contributed by atoms with E-state index in [1.54, 1.807) is 44.2 Å². The van der Waals surface area contributed by atoms with Gasteiger partial charge in [-0.1, -0.05) is 58.0 Å². The monoisotopic (exact) mass is 464 g/mol. The minimum Gasteiger partial charge on any atom is -0.480 e. The average molecular weight is 465 g/mol. The lowest BCUT2D eigenvalue weighted by Gasteiger charge is -2.25. The average Bonchev–Trinajstić information content (AvgIpc) is 2.75. The smallest absolute Gasteiger partial charge is 0.326 e. The Balaban J connectivity index is 3.03. The molecule has 4 atom stereocenters. The summed E-state index contributed by atoms with van der Waals surface area (Å²) in [7, 11) is 0. The van der Waals surface area contributed by atoms with Crippen molar-refractivity contribution in [3.63, 3.8) is 0 Å². The summed E-state index contributed by atoms with van der Waals surface area (Å²) in [6, 6.07) is 4.44. The van der Waals surface area contributed by atoms with Crippen LogP contribution in [0.3, 0.4) is 0 Å². The molecule has 0 aromatic heterocycles. The van der Waals surface area contributed by atoms with Crippen LogP contribution in [0.2, 0.25) is 0 Å². The minimum absolute atomic E-state index is 0.0210. The largest absolute Gasteiger partial charge is 0.480 e. The van der Waals surface area contributed by atoms with Gasteiger partial charge in [0.25, 0.3) is 0 Å². The van der Waals surface area contributed by atoms with Crippen molar-refractivity contribution in [2.24, 2.45) is 17.6 Å². The number of benzene rings is 1. The summed E-state index contributed by atoms with van der Waals surface area (Å²) in [6.07, 6.45) is 0.305. The van der Waals surface area contributed by atoms with E-state index in [4.69, 9.17) is 5.73 Å². The quantitative estimate of drug-likeness (QED) is 0.234. The first-order valence-electron chi connectivity index (χ1n) is 11.0. The molecule has 4 unspecified atom stereocenters. The summed E-state index contributed by atoms with van der Waals surface area (Å²) < 4.78 is 0. The highest BCUT2D eigenvalue weighted by Crippen LogP contribution is 2.08. The van der Waals surface area contributed by atoms with Crippen LogP contribution in [-0.4, -0.2) is 64.7 Å². The number of carboxylic acids is 1. The van der Waals surface area contributed by atoms with Gasteiger partial charge in [0.15, 0.2) is 0 Å². The Labute approximate surface area is 194 Å². The zero-order valence-electron chi connectivity index (χ0n) is 19.6. The maximum atomic E-state index is 13.0. The van der Waals surface area contributed by atoms with E-state index >= 15 is 0 Å². The van der Waals surface area contributed by atoms with Crippen molar-refractivity contribution in [2.75, 3.05) is 6.61 Å². The Morgan fingerprint density at radius 2 is 1.36 bits per heavy atom. The normalized spacial score (nSPS) is 14.8. The highest BCUT2D eigenvalue weighted by atomic mass is 16.4. The molecule has 0 aliphatic heterocycles. The van der Waals surface area contributed by atoms with E-state index in [1.807, 2.05) is 13.8 Å². The van der Waals surface area contributed by atoms with E-state index in [0.717, 1.165) is 5.56 Å². The molecule has 0 radical (unpaired) electrons. The summed E-state index contributed by atoms with van der Waals surface area (Å²) in [4.78, 5) is 49.5. The molecule has 10 heteroatoms. The predicted octanol–water partition coefficient (Wildman–Crippen LogP) is -0.210. The SMILES string of the molecule is CC(C)CC(NC(=O)C(Cc1ccccc1)NC(=O)C(CO)NC(=O)C(N)C(C)C)C(=O)O. The van der Waals surface area contributed by atoms with Crippen LogP contribution >= 0.6 is 0 Å². The molecule has 33 heavy (non-hydrogen) atoms. The predicted molar refractivity (Wildman–Crippen MR) is 123 cm³/mol. The number of rotatable bonds is 13. The Hall–Kier alpha value is -2.98. The van der Waals surface area contributed by atoms with Crippen molar-refractivity contribution in [2.45, 2.75) is 64.7 Å². The molecule has 1 rings (SSSR count). The molecule has 0 aliphatic rings. The first-order valence-corrected chi connectivity index (χ1v) is 11.0. The zero-order chi connectivity index (χ0) is 25.1. The Bertz CT molecular complexity index is 799. The van der Waals surface area contributed by atoms with Crippen molar-refractivity contribution in [3.8, 4) is 0 Å². The van der Waals surface area contributed by atoms with Crippen LogP contribution in [0, 0.1) is 11.8 Å². The summed E-state index contributed by atoms with van der Waals surface area (Å²) >= 11 is 0. The van der Waals surface area contributed by atoms with Crippen LogP contribution in [0.4, 0.5) is 0 Å². The van der Waals surface area contributed by atoms with Crippen LogP contribution < -0.4 is 21.7 Å². The number of aliphatic carboxylic acids is 1. The summed E-state index contributed by atoms with van der Waals surface area (Å²) in [5.74, 6) is -3.41. The molecule has 1 aromatic carbocycles. The van der Waals surface area contributed by atoms with Crippen LogP contribution in [0.5, 0.6) is 0 Å². The van der Waals surface area contributed by atoms with Gasteiger partial charge in [-0.15, -0.1) is 0 Å². The zero-order valence-corrected chi connectivity index (χ0v) is 19.6. The third kappa shape index (κ3) is 9.58. The fourth-order valence-corrected chi connectivity index (χ4v) is 3.06. The fraction of sp³-hybridized carbons (Fsp3) is 0.565. The third-order valence-corrected chi connectivity index (χ3v) is 5.07. The molecule has 0 spiro atoms. The molecule has 0 saturated heterocycles. The van der Waals surface area contributed by atoms with Gasteiger partial charge >= 0.3 is 5.97 Å². The Morgan fingerprint density at radius 1 is 0.848 bits per heavy atom. The molecule has 0 fully saturated rings. The lowest BCUT2D eigenvalue weighted by Crippen LogP contribution is -2.59. The first-order chi connectivity index (χ1) is 15.5. The second-order valence-electron chi connectivity index (χ2n) is 8.79. The molecule has 0 bridgehead atoms. The van der Waals surface area contributed by atoms with Crippen molar-refractivity contribution in [3.05, 3.63) is 35.9 Å². The number of nitrogens with two attached hydrogens (primary N) is 1. The Kier molecular flexibility index (Phi) is 11.5. The van der Waals surface area contributed by atoms with E-state index in [2.05, 4.69) is 16.0 Å². The highest BCUT2D eigenvalue weighted by Gasteiger charge is 2.30. The fourth-order valence-electron chi connectivity index (χ4n) is 3.06. The van der Waals surface area contributed by atoms with Crippen molar-refractivity contribution in [1.82, 2.24) is 16.0 Å². The van der Waals surface area contributed by atoms with E-state index in [9.17, 15) is 29.4 Å². The maximum absolute atomic E-state index is 13.0. The number of carbonyl (C=O) groups excluding carboxylic acids is 3. The van der Waals surface area contributed by atoms with Crippen LogP contribution in [0.25, 0.3) is 0 Å². The van der Waals surface area contributed by atoms with Gasteiger partial charge in [-0.05, 0) is 23.8 Å². The second kappa shape index (κ2) is 13.5. The van der Waals surface area contributed by atoms with Gasteiger partial charge in [-0.3, -0.25) is 14.4 Å². The van der Waals surface area contributed by atoms with Gasteiger partial charge in [-0.25, -0.2) is 4.79 Å². The number of carboxylic acid groups (broad SMARTS) is 1. The molecule has 0 heterocycles. The van der Waals surface area contributed by atoms with Crippen LogP contribution in [0.15, 0.2) is 30.3 Å². The second-order valence-corrected chi connectivity index (χ2v) is 8.79. The first kappa shape index (κ1) is 28.1. The van der Waals surface area contributed by atoms with Crippen molar-refractivity contribution >= 4 is 23.7 Å². The number of hydrogen-bond acceptors (Lipinski definition) is 6. The maximum Gasteiger partial charge on any atom is 0.326 e. The van der Waals surface area contributed by atoms with Gasteiger partial charge in [0.2, 0.25) is 17.7 Å². The number of aliphatic hydroxyl groups excluding tert-OH is 1. The van der Waals surface area contributed by atoms with E-state index in [1.165, 1.54) is 0 Å². The van der Waals surface area contributed by atoms with E-state index in [0.29, 0.717) is 0 Å².